The smallest absolute Gasteiger partial charge is 0.236 e. The first-order valence-corrected chi connectivity index (χ1v) is 9.65. The number of methoxy groups -OCH3 is 1. The number of rotatable bonds is 6. The van der Waals surface area contributed by atoms with Gasteiger partial charge in [0.05, 0.1) is 18.6 Å². The Kier molecular flexibility index (Phi) is 5.90. The predicted octanol–water partition coefficient (Wildman–Crippen LogP) is 5.00. The third kappa shape index (κ3) is 4.62. The molecule has 1 N–H and O–H groups in total. The Bertz CT molecular complexity index is 893. The van der Waals surface area contributed by atoms with Crippen LogP contribution >= 0.6 is 23.1 Å². The minimum Gasteiger partial charge on any atom is -0.497 e. The summed E-state index contributed by atoms with van der Waals surface area (Å²) < 4.78 is 18.1. The van der Waals surface area contributed by atoms with Gasteiger partial charge < -0.3 is 10.1 Å². The quantitative estimate of drug-likeness (QED) is 0.604. The summed E-state index contributed by atoms with van der Waals surface area (Å²) in [7, 11) is 1.63. The summed E-state index contributed by atoms with van der Waals surface area (Å²) in [5, 5.41) is 3.39. The average Bonchev–Trinajstić information content (AvgIpc) is 3.01. The molecule has 0 aliphatic rings. The molecule has 0 radical (unpaired) electrons. The van der Waals surface area contributed by atoms with E-state index in [4.69, 9.17) is 4.74 Å². The Morgan fingerprint density at radius 3 is 2.54 bits per heavy atom. The number of nitrogens with zero attached hydrogens (tertiary/aromatic N) is 1. The topological polar surface area (TPSA) is 51.2 Å². The van der Waals surface area contributed by atoms with Crippen molar-refractivity contribution < 1.29 is 13.9 Å². The van der Waals surface area contributed by atoms with E-state index in [0.29, 0.717) is 5.13 Å². The van der Waals surface area contributed by atoms with Crippen LogP contribution in [0.3, 0.4) is 0 Å². The summed E-state index contributed by atoms with van der Waals surface area (Å²) in [6.07, 6.45) is 0. The minimum absolute atomic E-state index is 0.144. The lowest BCUT2D eigenvalue weighted by atomic mass is 10.1. The highest BCUT2D eigenvalue weighted by molar-refractivity contribution is 8.00. The lowest BCUT2D eigenvalue weighted by molar-refractivity contribution is -0.113. The van der Waals surface area contributed by atoms with Crippen LogP contribution in [0.5, 0.6) is 5.75 Å². The van der Waals surface area contributed by atoms with E-state index in [0.717, 1.165) is 26.8 Å². The van der Waals surface area contributed by atoms with Crippen LogP contribution in [0.2, 0.25) is 0 Å². The van der Waals surface area contributed by atoms with Crippen LogP contribution in [-0.4, -0.2) is 23.8 Å². The molecule has 0 saturated heterocycles. The molecule has 1 heterocycles. The van der Waals surface area contributed by atoms with Crippen LogP contribution in [0.25, 0.3) is 11.3 Å². The van der Waals surface area contributed by atoms with Gasteiger partial charge in [-0.2, -0.15) is 0 Å². The third-order valence-corrected chi connectivity index (χ3v) is 5.49. The van der Waals surface area contributed by atoms with Gasteiger partial charge in [-0.1, -0.05) is 0 Å². The Morgan fingerprint density at radius 2 is 1.88 bits per heavy atom. The van der Waals surface area contributed by atoms with Crippen LogP contribution in [0.4, 0.5) is 9.52 Å². The number of aryl methyl sites for hydroxylation is 1. The summed E-state index contributed by atoms with van der Waals surface area (Å²) in [5.74, 6) is 0.590. The molecule has 7 heteroatoms. The molecule has 0 fully saturated rings. The maximum absolute atomic E-state index is 12.9. The van der Waals surface area contributed by atoms with Crippen molar-refractivity contribution in [3.8, 4) is 17.0 Å². The number of nitrogens with one attached hydrogen (secondary N) is 1. The van der Waals surface area contributed by atoms with E-state index in [9.17, 15) is 9.18 Å². The number of aromatic nitrogens is 1. The van der Waals surface area contributed by atoms with Gasteiger partial charge in [-0.25, -0.2) is 9.37 Å². The second kappa shape index (κ2) is 8.33. The molecule has 0 unspecified atom stereocenters. The molecule has 26 heavy (non-hydrogen) atoms. The lowest BCUT2D eigenvalue weighted by Gasteiger charge is -2.03. The van der Waals surface area contributed by atoms with Gasteiger partial charge in [-0.15, -0.1) is 23.1 Å². The van der Waals surface area contributed by atoms with Gasteiger partial charge in [0.25, 0.3) is 0 Å². The zero-order valence-corrected chi connectivity index (χ0v) is 15.9. The molecule has 0 aliphatic heterocycles. The number of thioether (sulfide) groups is 1. The highest BCUT2D eigenvalue weighted by atomic mass is 32.2. The van der Waals surface area contributed by atoms with E-state index in [1.807, 2.05) is 31.2 Å². The summed E-state index contributed by atoms with van der Waals surface area (Å²) in [5.41, 5.74) is 1.82. The molecular weight excluding hydrogens is 371 g/mol. The van der Waals surface area contributed by atoms with E-state index >= 15 is 0 Å². The van der Waals surface area contributed by atoms with Crippen molar-refractivity contribution in [2.45, 2.75) is 11.8 Å². The Morgan fingerprint density at radius 1 is 1.19 bits per heavy atom. The first-order valence-electron chi connectivity index (χ1n) is 7.85. The fourth-order valence-electron chi connectivity index (χ4n) is 2.30. The average molecular weight is 388 g/mol. The van der Waals surface area contributed by atoms with Gasteiger partial charge in [0.1, 0.15) is 11.6 Å². The largest absolute Gasteiger partial charge is 0.497 e. The second-order valence-corrected chi connectivity index (χ2v) is 7.70. The van der Waals surface area contributed by atoms with E-state index < -0.39 is 0 Å². The minimum atomic E-state index is -0.289. The fourth-order valence-corrected chi connectivity index (χ4v) is 3.85. The highest BCUT2D eigenvalue weighted by Crippen LogP contribution is 2.31. The van der Waals surface area contributed by atoms with E-state index in [1.54, 1.807) is 19.2 Å². The lowest BCUT2D eigenvalue weighted by Crippen LogP contribution is -2.13. The van der Waals surface area contributed by atoms with Crippen LogP contribution in [0.15, 0.2) is 53.4 Å². The highest BCUT2D eigenvalue weighted by Gasteiger charge is 2.12. The van der Waals surface area contributed by atoms with Gasteiger partial charge in [-0.3, -0.25) is 4.79 Å². The van der Waals surface area contributed by atoms with Crippen molar-refractivity contribution in [1.29, 1.82) is 0 Å². The molecule has 4 nitrogen and oxygen atoms in total. The number of thiazole rings is 1. The van der Waals surface area contributed by atoms with Crippen LogP contribution < -0.4 is 10.1 Å². The number of hydrogen-bond donors (Lipinski definition) is 1. The number of benzene rings is 2. The van der Waals surface area contributed by atoms with E-state index in [1.165, 1.54) is 35.2 Å². The van der Waals surface area contributed by atoms with Crippen molar-refractivity contribution in [3.05, 3.63) is 59.2 Å². The molecule has 0 saturated carbocycles. The molecule has 1 amide bonds. The Hall–Kier alpha value is -2.38. The van der Waals surface area contributed by atoms with E-state index in [-0.39, 0.29) is 17.5 Å². The molecule has 3 rings (SSSR count). The summed E-state index contributed by atoms with van der Waals surface area (Å²) in [4.78, 5) is 18.5. The number of carbonyl (C=O) groups is 1. The molecule has 0 bridgehead atoms. The zero-order valence-electron chi connectivity index (χ0n) is 14.3. The van der Waals surface area contributed by atoms with Crippen LogP contribution in [0.1, 0.15) is 4.88 Å². The molecule has 1 aromatic heterocycles. The SMILES string of the molecule is COc1ccc(-c2nc(NC(=O)CSc3ccc(F)cc3)sc2C)cc1. The van der Waals surface area contributed by atoms with Gasteiger partial charge in [0, 0.05) is 15.3 Å². The molecule has 0 aliphatic carbocycles. The predicted molar refractivity (Wildman–Crippen MR) is 105 cm³/mol. The van der Waals surface area contributed by atoms with Gasteiger partial charge in [-0.05, 0) is 55.5 Å². The number of carbonyl (C=O) groups excluding carboxylic acids is 1. The summed E-state index contributed by atoms with van der Waals surface area (Å²) in [6, 6.07) is 13.7. The fraction of sp³-hybridized carbons (Fsp3) is 0.158. The molecule has 3 aromatic rings. The normalized spacial score (nSPS) is 10.6. The van der Waals surface area contributed by atoms with Crippen molar-refractivity contribution >= 4 is 34.1 Å². The number of hydrogen-bond acceptors (Lipinski definition) is 5. The molecule has 134 valence electrons. The third-order valence-electron chi connectivity index (χ3n) is 3.59. The molecular formula is C19H17FN2O2S2. The maximum atomic E-state index is 12.9. The number of halogens is 1. The van der Waals surface area contributed by atoms with Crippen molar-refractivity contribution in [2.24, 2.45) is 0 Å². The van der Waals surface area contributed by atoms with Crippen molar-refractivity contribution in [3.63, 3.8) is 0 Å². The van der Waals surface area contributed by atoms with Crippen molar-refractivity contribution in [1.82, 2.24) is 4.98 Å². The van der Waals surface area contributed by atoms with Crippen LogP contribution in [-0.2, 0) is 4.79 Å². The van der Waals surface area contributed by atoms with E-state index in [2.05, 4.69) is 10.3 Å². The molecule has 0 atom stereocenters. The number of amides is 1. The number of anilines is 1. The summed E-state index contributed by atoms with van der Waals surface area (Å²) >= 11 is 2.79. The summed E-state index contributed by atoms with van der Waals surface area (Å²) in [6.45, 7) is 1.97. The zero-order chi connectivity index (χ0) is 18.5. The second-order valence-electron chi connectivity index (χ2n) is 5.44. The monoisotopic (exact) mass is 388 g/mol. The molecule has 2 aromatic carbocycles. The molecule has 0 spiro atoms. The first kappa shape index (κ1) is 18.4. The van der Waals surface area contributed by atoms with Crippen molar-refractivity contribution in [2.75, 3.05) is 18.2 Å². The Balaban J connectivity index is 1.62. The standard InChI is InChI=1S/C19H17FN2O2S2/c1-12-18(13-3-7-15(24-2)8-4-13)22-19(26-12)21-17(23)11-25-16-9-5-14(20)6-10-16/h3-10H,11H2,1-2H3,(H,21,22,23). The Labute approximate surface area is 159 Å². The maximum Gasteiger partial charge on any atom is 0.236 e. The van der Waals surface area contributed by atoms with Gasteiger partial charge in [0.15, 0.2) is 5.13 Å². The van der Waals surface area contributed by atoms with Gasteiger partial charge in [0.2, 0.25) is 5.91 Å². The first-order chi connectivity index (χ1) is 12.5. The number of ether oxygens (including phenoxy) is 1. The van der Waals surface area contributed by atoms with Gasteiger partial charge >= 0.3 is 0 Å². The van der Waals surface area contributed by atoms with Crippen LogP contribution in [0, 0.1) is 12.7 Å².